The summed E-state index contributed by atoms with van der Waals surface area (Å²) in [4.78, 5) is 25.0. The highest BCUT2D eigenvalue weighted by atomic mass is 19.2. The summed E-state index contributed by atoms with van der Waals surface area (Å²) in [6.45, 7) is 4.97. The van der Waals surface area contributed by atoms with Gasteiger partial charge in [-0.05, 0) is 29.7 Å². The summed E-state index contributed by atoms with van der Waals surface area (Å²) in [5.41, 5.74) is 1.21. The summed E-state index contributed by atoms with van der Waals surface area (Å²) in [5, 5.41) is 2.77. The number of amides is 2. The maximum atomic E-state index is 14.0. The van der Waals surface area contributed by atoms with Gasteiger partial charge in [-0.3, -0.25) is 9.59 Å². The van der Waals surface area contributed by atoms with Crippen molar-refractivity contribution in [3.8, 4) is 0 Å². The Hall–Kier alpha value is -2.83. The molecule has 0 radical (unpaired) electrons. The number of hydrogen-bond donors (Lipinski definition) is 1. The maximum absolute atomic E-state index is 14.0. The fourth-order valence-corrected chi connectivity index (χ4v) is 2.71. The lowest BCUT2D eigenvalue weighted by Gasteiger charge is -2.22. The quantitative estimate of drug-likeness (QED) is 0.747. The van der Waals surface area contributed by atoms with Gasteiger partial charge in [0.25, 0.3) is 0 Å². The van der Waals surface area contributed by atoms with Crippen molar-refractivity contribution in [1.29, 1.82) is 0 Å². The zero-order valence-electron chi connectivity index (χ0n) is 15.4. The Bertz CT molecular complexity index is 853. The SMILES string of the molecule is CC(=O)N(CCC(=O)Nc1ccccc1C(C)C)c1ccc(F)c(F)c1F. The summed E-state index contributed by atoms with van der Waals surface area (Å²) >= 11 is 0. The van der Waals surface area contributed by atoms with E-state index < -0.39 is 29.0 Å². The van der Waals surface area contributed by atoms with Crippen LogP contribution in [0, 0.1) is 17.5 Å². The molecule has 0 saturated heterocycles. The monoisotopic (exact) mass is 378 g/mol. The minimum atomic E-state index is -1.66. The van der Waals surface area contributed by atoms with Crippen molar-refractivity contribution < 1.29 is 22.8 Å². The molecule has 0 atom stereocenters. The zero-order chi connectivity index (χ0) is 20.1. The Kier molecular flexibility index (Phi) is 6.60. The molecule has 0 fully saturated rings. The fourth-order valence-electron chi connectivity index (χ4n) is 2.71. The lowest BCUT2D eigenvalue weighted by atomic mass is 10.0. The van der Waals surface area contributed by atoms with E-state index in [1.54, 1.807) is 12.1 Å². The van der Waals surface area contributed by atoms with Crippen LogP contribution in [0.3, 0.4) is 0 Å². The lowest BCUT2D eigenvalue weighted by molar-refractivity contribution is -0.117. The fraction of sp³-hybridized carbons (Fsp3) is 0.300. The molecule has 0 heterocycles. The average molecular weight is 378 g/mol. The van der Waals surface area contributed by atoms with Crippen LogP contribution in [-0.4, -0.2) is 18.4 Å². The molecule has 2 rings (SSSR count). The minimum absolute atomic E-state index is 0.134. The van der Waals surface area contributed by atoms with E-state index in [9.17, 15) is 22.8 Å². The molecule has 2 aromatic carbocycles. The number of rotatable bonds is 6. The Morgan fingerprint density at radius 3 is 2.33 bits per heavy atom. The van der Waals surface area contributed by atoms with Gasteiger partial charge in [0, 0.05) is 25.6 Å². The van der Waals surface area contributed by atoms with Crippen molar-refractivity contribution >= 4 is 23.2 Å². The lowest BCUT2D eigenvalue weighted by Crippen LogP contribution is -2.33. The third-order valence-corrected chi connectivity index (χ3v) is 4.11. The van der Waals surface area contributed by atoms with Gasteiger partial charge in [-0.25, -0.2) is 13.2 Å². The van der Waals surface area contributed by atoms with E-state index in [4.69, 9.17) is 0 Å². The van der Waals surface area contributed by atoms with E-state index in [2.05, 4.69) is 5.32 Å². The van der Waals surface area contributed by atoms with Gasteiger partial charge in [0.05, 0.1) is 5.69 Å². The van der Waals surface area contributed by atoms with Crippen LogP contribution in [0.15, 0.2) is 36.4 Å². The van der Waals surface area contributed by atoms with Crippen molar-refractivity contribution in [2.45, 2.75) is 33.1 Å². The normalized spacial score (nSPS) is 10.8. The molecule has 0 unspecified atom stereocenters. The molecule has 0 aliphatic carbocycles. The zero-order valence-corrected chi connectivity index (χ0v) is 15.4. The molecule has 0 aromatic heterocycles. The summed E-state index contributed by atoms with van der Waals surface area (Å²) < 4.78 is 40.5. The van der Waals surface area contributed by atoms with Crippen molar-refractivity contribution in [1.82, 2.24) is 0 Å². The van der Waals surface area contributed by atoms with Crippen molar-refractivity contribution in [2.24, 2.45) is 0 Å². The third-order valence-electron chi connectivity index (χ3n) is 4.11. The second kappa shape index (κ2) is 8.70. The van der Waals surface area contributed by atoms with Crippen LogP contribution < -0.4 is 10.2 Å². The van der Waals surface area contributed by atoms with Gasteiger partial charge in [0.2, 0.25) is 11.8 Å². The highest BCUT2D eigenvalue weighted by molar-refractivity contribution is 5.95. The van der Waals surface area contributed by atoms with Crippen LogP contribution in [-0.2, 0) is 9.59 Å². The molecule has 0 saturated carbocycles. The first-order valence-corrected chi connectivity index (χ1v) is 8.52. The van der Waals surface area contributed by atoms with Crippen molar-refractivity contribution in [3.63, 3.8) is 0 Å². The smallest absolute Gasteiger partial charge is 0.226 e. The molecule has 4 nitrogen and oxygen atoms in total. The van der Waals surface area contributed by atoms with Gasteiger partial charge < -0.3 is 10.2 Å². The molecule has 2 aromatic rings. The first-order chi connectivity index (χ1) is 12.7. The molecule has 0 aliphatic rings. The van der Waals surface area contributed by atoms with Crippen LogP contribution in [0.2, 0.25) is 0 Å². The summed E-state index contributed by atoms with van der Waals surface area (Å²) in [5.74, 6) is -5.23. The Balaban J connectivity index is 2.12. The van der Waals surface area contributed by atoms with Gasteiger partial charge in [-0.15, -0.1) is 0 Å². The van der Waals surface area contributed by atoms with E-state index >= 15 is 0 Å². The van der Waals surface area contributed by atoms with E-state index in [1.165, 1.54) is 0 Å². The van der Waals surface area contributed by atoms with Gasteiger partial charge in [0.1, 0.15) is 0 Å². The second-order valence-electron chi connectivity index (χ2n) is 6.41. The number of anilines is 2. The molecule has 27 heavy (non-hydrogen) atoms. The van der Waals surface area contributed by atoms with E-state index in [0.717, 1.165) is 29.5 Å². The number of carbonyl (C=O) groups is 2. The first kappa shape index (κ1) is 20.5. The summed E-state index contributed by atoms with van der Waals surface area (Å²) in [6.07, 6.45) is -0.134. The first-order valence-electron chi connectivity index (χ1n) is 8.52. The number of nitrogens with zero attached hydrogens (tertiary/aromatic N) is 1. The van der Waals surface area contributed by atoms with Crippen LogP contribution >= 0.6 is 0 Å². The highest BCUT2D eigenvalue weighted by Crippen LogP contribution is 2.25. The number of carbonyl (C=O) groups excluding carboxylic acids is 2. The molecule has 1 N–H and O–H groups in total. The molecule has 7 heteroatoms. The topological polar surface area (TPSA) is 49.4 Å². The van der Waals surface area contributed by atoms with Crippen LogP contribution in [0.4, 0.5) is 24.5 Å². The number of para-hydroxylation sites is 1. The molecular weight excluding hydrogens is 357 g/mol. The highest BCUT2D eigenvalue weighted by Gasteiger charge is 2.22. The minimum Gasteiger partial charge on any atom is -0.326 e. The Labute approximate surface area is 156 Å². The predicted molar refractivity (Wildman–Crippen MR) is 98.1 cm³/mol. The van der Waals surface area contributed by atoms with E-state index in [-0.39, 0.29) is 24.8 Å². The predicted octanol–water partition coefficient (Wildman–Crippen LogP) is 4.61. The molecule has 0 aliphatic heterocycles. The average Bonchev–Trinajstić information content (AvgIpc) is 2.61. The van der Waals surface area contributed by atoms with Gasteiger partial charge in [-0.2, -0.15) is 0 Å². The Morgan fingerprint density at radius 2 is 1.70 bits per heavy atom. The number of benzene rings is 2. The van der Waals surface area contributed by atoms with Gasteiger partial charge in [-0.1, -0.05) is 32.0 Å². The standard InChI is InChI=1S/C20H21F3N2O2/c1-12(2)14-6-4-5-7-16(14)24-18(27)10-11-25(13(3)26)17-9-8-15(21)19(22)20(17)23/h4-9,12H,10-11H2,1-3H3,(H,24,27). The molecule has 2 amide bonds. The number of nitrogens with one attached hydrogen (secondary N) is 1. The molecule has 0 spiro atoms. The van der Waals surface area contributed by atoms with Crippen LogP contribution in [0.25, 0.3) is 0 Å². The van der Waals surface area contributed by atoms with Crippen LogP contribution in [0.5, 0.6) is 0 Å². The van der Waals surface area contributed by atoms with E-state index in [1.807, 2.05) is 26.0 Å². The second-order valence-corrected chi connectivity index (χ2v) is 6.41. The largest absolute Gasteiger partial charge is 0.326 e. The maximum Gasteiger partial charge on any atom is 0.226 e. The van der Waals surface area contributed by atoms with Gasteiger partial charge in [0.15, 0.2) is 17.5 Å². The molecule has 144 valence electrons. The summed E-state index contributed by atoms with van der Waals surface area (Å²) in [6, 6.07) is 9.04. The molecular formula is C20H21F3N2O2. The van der Waals surface area contributed by atoms with Crippen molar-refractivity contribution in [3.05, 3.63) is 59.4 Å². The molecule has 0 bridgehead atoms. The third kappa shape index (κ3) is 4.87. The number of hydrogen-bond acceptors (Lipinski definition) is 2. The van der Waals surface area contributed by atoms with Crippen molar-refractivity contribution in [2.75, 3.05) is 16.8 Å². The summed E-state index contributed by atoms with van der Waals surface area (Å²) in [7, 11) is 0. The van der Waals surface area contributed by atoms with E-state index in [0.29, 0.717) is 5.69 Å². The van der Waals surface area contributed by atoms with Crippen LogP contribution in [0.1, 0.15) is 38.7 Å². The van der Waals surface area contributed by atoms with Gasteiger partial charge >= 0.3 is 0 Å². The Morgan fingerprint density at radius 1 is 1.04 bits per heavy atom. The number of halogens is 3.